The Morgan fingerprint density at radius 2 is 2.25 bits per heavy atom. The van der Waals surface area contributed by atoms with Gasteiger partial charge in [0.05, 0.1) is 4.91 Å². The number of phenolic OH excluding ortho intramolecular Hbond substituents is 1. The summed E-state index contributed by atoms with van der Waals surface area (Å²) in [4.78, 5) is 11.9. The van der Waals surface area contributed by atoms with E-state index in [1.807, 2.05) is 19.1 Å². The molecular weight excluding hydrogens is 242 g/mol. The minimum absolute atomic E-state index is 0.157. The number of rotatable bonds is 1. The van der Waals surface area contributed by atoms with Crippen molar-refractivity contribution in [1.29, 1.82) is 0 Å². The molecule has 0 saturated carbocycles. The Balaban J connectivity index is 2.39. The second kappa shape index (κ2) is 4.27. The molecule has 1 aromatic carbocycles. The van der Waals surface area contributed by atoms with E-state index in [0.717, 1.165) is 5.56 Å². The Labute approximate surface area is 103 Å². The fourth-order valence-electron chi connectivity index (χ4n) is 1.35. The summed E-state index contributed by atoms with van der Waals surface area (Å²) in [5.74, 6) is -0.0553. The minimum atomic E-state index is -0.212. The largest absolute Gasteiger partial charge is 0.507 e. The highest BCUT2D eigenvalue weighted by molar-refractivity contribution is 8.26. The molecule has 0 aromatic heterocycles. The van der Waals surface area contributed by atoms with Crippen molar-refractivity contribution >= 4 is 40.3 Å². The number of hydrogen-bond donors (Lipinski definition) is 2. The van der Waals surface area contributed by atoms with Crippen molar-refractivity contribution in [3.63, 3.8) is 0 Å². The molecule has 2 N–H and O–H groups in total. The number of thioether (sulfide) groups is 1. The Hall–Kier alpha value is -1.33. The van der Waals surface area contributed by atoms with Crippen LogP contribution in [0.5, 0.6) is 5.75 Å². The van der Waals surface area contributed by atoms with Crippen LogP contribution in [0.25, 0.3) is 6.08 Å². The second-order valence-electron chi connectivity index (χ2n) is 3.41. The molecule has 0 radical (unpaired) electrons. The maximum absolute atomic E-state index is 11.4. The van der Waals surface area contributed by atoms with Crippen LogP contribution in [0.4, 0.5) is 0 Å². The summed E-state index contributed by atoms with van der Waals surface area (Å²) in [5.41, 5.74) is 1.65. The van der Waals surface area contributed by atoms with Gasteiger partial charge in [0, 0.05) is 5.56 Å². The van der Waals surface area contributed by atoms with Gasteiger partial charge in [0.2, 0.25) is 0 Å². The Morgan fingerprint density at radius 3 is 2.88 bits per heavy atom. The van der Waals surface area contributed by atoms with E-state index in [-0.39, 0.29) is 11.7 Å². The lowest BCUT2D eigenvalue weighted by Gasteiger charge is -2.01. The summed E-state index contributed by atoms with van der Waals surface area (Å²) >= 11 is 6.08. The highest BCUT2D eigenvalue weighted by Crippen LogP contribution is 2.29. The smallest absolute Gasteiger partial charge is 0.263 e. The van der Waals surface area contributed by atoms with E-state index in [1.54, 1.807) is 12.1 Å². The number of thiocarbonyl (C=S) groups is 1. The zero-order chi connectivity index (χ0) is 11.7. The lowest BCUT2D eigenvalue weighted by atomic mass is 10.1. The topological polar surface area (TPSA) is 49.3 Å². The number of phenols is 1. The van der Waals surface area contributed by atoms with Crippen molar-refractivity contribution < 1.29 is 9.90 Å². The van der Waals surface area contributed by atoms with Gasteiger partial charge in [0.25, 0.3) is 5.91 Å². The summed E-state index contributed by atoms with van der Waals surface area (Å²) < 4.78 is 0.448. The average molecular weight is 251 g/mol. The number of benzene rings is 1. The molecule has 16 heavy (non-hydrogen) atoms. The van der Waals surface area contributed by atoms with E-state index in [9.17, 15) is 9.90 Å². The second-order valence-corrected chi connectivity index (χ2v) is 5.13. The van der Waals surface area contributed by atoms with Gasteiger partial charge in [-0.2, -0.15) is 0 Å². The van der Waals surface area contributed by atoms with Gasteiger partial charge in [-0.1, -0.05) is 35.6 Å². The van der Waals surface area contributed by atoms with Crippen LogP contribution in [-0.2, 0) is 4.79 Å². The first-order valence-corrected chi connectivity index (χ1v) is 5.83. The van der Waals surface area contributed by atoms with Crippen LogP contribution < -0.4 is 5.32 Å². The molecule has 0 bridgehead atoms. The number of aromatic hydroxyl groups is 1. The Bertz CT molecular complexity index is 509. The first kappa shape index (κ1) is 11.2. The molecule has 82 valence electrons. The molecule has 0 unspecified atom stereocenters. The summed E-state index contributed by atoms with van der Waals surface area (Å²) in [6, 6.07) is 5.24. The molecule has 1 saturated heterocycles. The Morgan fingerprint density at radius 1 is 1.50 bits per heavy atom. The molecule has 2 rings (SSSR count). The van der Waals surface area contributed by atoms with Gasteiger partial charge in [-0.05, 0) is 25.1 Å². The van der Waals surface area contributed by atoms with Crippen LogP contribution in [-0.4, -0.2) is 15.3 Å². The van der Waals surface area contributed by atoms with Gasteiger partial charge in [-0.3, -0.25) is 4.79 Å². The normalized spacial score (nSPS) is 17.9. The quantitative estimate of drug-likeness (QED) is 0.593. The molecule has 0 spiro atoms. The van der Waals surface area contributed by atoms with Gasteiger partial charge in [-0.15, -0.1) is 0 Å². The van der Waals surface area contributed by atoms with Gasteiger partial charge in [-0.25, -0.2) is 0 Å². The van der Waals surface area contributed by atoms with Crippen LogP contribution in [0.2, 0.25) is 0 Å². The number of carbonyl (C=O) groups is 1. The van der Waals surface area contributed by atoms with Gasteiger partial charge in [0.1, 0.15) is 10.1 Å². The fraction of sp³-hybridized carbons (Fsp3) is 0.0909. The van der Waals surface area contributed by atoms with Crippen LogP contribution in [0, 0.1) is 6.92 Å². The van der Waals surface area contributed by atoms with Crippen molar-refractivity contribution in [1.82, 2.24) is 5.32 Å². The zero-order valence-corrected chi connectivity index (χ0v) is 10.1. The third-order valence-electron chi connectivity index (χ3n) is 2.11. The molecule has 0 aliphatic carbocycles. The fourth-order valence-corrected chi connectivity index (χ4v) is 2.39. The first-order valence-electron chi connectivity index (χ1n) is 4.61. The molecule has 1 aliphatic rings. The number of nitrogens with one attached hydrogen (secondary N) is 1. The van der Waals surface area contributed by atoms with E-state index in [2.05, 4.69) is 5.32 Å². The van der Waals surface area contributed by atoms with Gasteiger partial charge >= 0.3 is 0 Å². The SMILES string of the molecule is Cc1ccc(O)c(C=C2SC(=S)NC2=O)c1. The minimum Gasteiger partial charge on any atom is -0.507 e. The summed E-state index contributed by atoms with van der Waals surface area (Å²) in [6.45, 7) is 1.92. The molecule has 3 nitrogen and oxygen atoms in total. The van der Waals surface area contributed by atoms with Crippen LogP contribution in [0.15, 0.2) is 23.1 Å². The average Bonchev–Trinajstić information content (AvgIpc) is 2.51. The van der Waals surface area contributed by atoms with Gasteiger partial charge in [0.15, 0.2) is 0 Å². The zero-order valence-electron chi connectivity index (χ0n) is 8.48. The van der Waals surface area contributed by atoms with Crippen molar-refractivity contribution in [3.8, 4) is 5.75 Å². The summed E-state index contributed by atoms with van der Waals surface area (Å²) in [7, 11) is 0. The third kappa shape index (κ3) is 2.25. The van der Waals surface area contributed by atoms with Crippen molar-refractivity contribution in [2.45, 2.75) is 6.92 Å². The predicted molar refractivity (Wildman–Crippen MR) is 69.2 cm³/mol. The molecule has 1 fully saturated rings. The number of hydrogen-bond acceptors (Lipinski definition) is 4. The lowest BCUT2D eigenvalue weighted by molar-refractivity contribution is -0.115. The highest BCUT2D eigenvalue weighted by Gasteiger charge is 2.22. The lowest BCUT2D eigenvalue weighted by Crippen LogP contribution is -2.17. The number of amides is 1. The van der Waals surface area contributed by atoms with E-state index in [0.29, 0.717) is 14.8 Å². The van der Waals surface area contributed by atoms with E-state index in [1.165, 1.54) is 11.8 Å². The van der Waals surface area contributed by atoms with Crippen molar-refractivity contribution in [2.75, 3.05) is 0 Å². The molecule has 1 aromatic rings. The molecular formula is C11H9NO2S2. The van der Waals surface area contributed by atoms with Crippen LogP contribution >= 0.6 is 24.0 Å². The molecule has 5 heteroatoms. The third-order valence-corrected chi connectivity index (χ3v) is 3.27. The summed E-state index contributed by atoms with van der Waals surface area (Å²) in [6.07, 6.45) is 1.64. The maximum atomic E-state index is 11.4. The highest BCUT2D eigenvalue weighted by atomic mass is 32.2. The molecule has 1 aliphatic heterocycles. The van der Waals surface area contributed by atoms with Crippen LogP contribution in [0.3, 0.4) is 0 Å². The van der Waals surface area contributed by atoms with Crippen molar-refractivity contribution in [2.24, 2.45) is 0 Å². The predicted octanol–water partition coefficient (Wildman–Crippen LogP) is 2.19. The molecule has 0 atom stereocenters. The van der Waals surface area contributed by atoms with E-state index in [4.69, 9.17) is 12.2 Å². The van der Waals surface area contributed by atoms with Crippen molar-refractivity contribution in [3.05, 3.63) is 34.2 Å². The molecule has 1 heterocycles. The van der Waals surface area contributed by atoms with E-state index >= 15 is 0 Å². The Kier molecular flexibility index (Phi) is 2.98. The number of carbonyl (C=O) groups excluding carboxylic acids is 1. The maximum Gasteiger partial charge on any atom is 0.263 e. The molecule has 1 amide bonds. The summed E-state index contributed by atoms with van der Waals surface area (Å²) in [5, 5.41) is 12.2. The standard InChI is InChI=1S/C11H9NO2S2/c1-6-2-3-8(13)7(4-6)5-9-10(14)12-11(15)16-9/h2-5,13H,1H3,(H,12,14,15). The van der Waals surface area contributed by atoms with E-state index < -0.39 is 0 Å². The first-order chi connectivity index (χ1) is 7.56. The van der Waals surface area contributed by atoms with Gasteiger partial charge < -0.3 is 10.4 Å². The monoisotopic (exact) mass is 251 g/mol. The number of aryl methyl sites for hydroxylation is 1. The van der Waals surface area contributed by atoms with Crippen LogP contribution in [0.1, 0.15) is 11.1 Å².